The van der Waals surface area contributed by atoms with E-state index in [-0.39, 0.29) is 5.12 Å². The van der Waals surface area contributed by atoms with Crippen molar-refractivity contribution in [3.63, 3.8) is 0 Å². The summed E-state index contributed by atoms with van der Waals surface area (Å²) in [6, 6.07) is 3.68. The van der Waals surface area contributed by atoms with Gasteiger partial charge in [0.15, 0.2) is 5.12 Å². The van der Waals surface area contributed by atoms with Crippen LogP contribution in [0.4, 0.5) is 0 Å². The summed E-state index contributed by atoms with van der Waals surface area (Å²) in [5.41, 5.74) is 1.96. The van der Waals surface area contributed by atoms with E-state index >= 15 is 0 Å². The van der Waals surface area contributed by atoms with Crippen molar-refractivity contribution in [1.29, 1.82) is 0 Å². The molecule has 0 heterocycles. The highest BCUT2D eigenvalue weighted by atomic mass is 79.9. The number of carbonyl (C=O) groups is 1. The summed E-state index contributed by atoms with van der Waals surface area (Å²) in [5.74, 6) is 0. The molecule has 0 aliphatic rings. The van der Waals surface area contributed by atoms with Crippen LogP contribution in [0.3, 0.4) is 0 Å². The van der Waals surface area contributed by atoms with Gasteiger partial charge in [0.25, 0.3) is 0 Å². The van der Waals surface area contributed by atoms with E-state index in [4.69, 9.17) is 11.6 Å². The van der Waals surface area contributed by atoms with Crippen molar-refractivity contribution in [1.82, 2.24) is 0 Å². The van der Waals surface area contributed by atoms with Crippen molar-refractivity contribution < 1.29 is 4.79 Å². The monoisotopic (exact) mass is 278 g/mol. The van der Waals surface area contributed by atoms with Crippen LogP contribution in [-0.2, 0) is 11.2 Å². The molecule has 0 bridgehead atoms. The maximum absolute atomic E-state index is 10.8. The van der Waals surface area contributed by atoms with Gasteiger partial charge in [-0.05, 0) is 46.1 Å². The smallest absolute Gasteiger partial charge is 0.190 e. The standard InChI is InChI=1S/C9H8BrClOS/c1-5-2-8(11)7(10)3-6(5)4-9(12)13/h2-3H,4H2,1H3,(H,12,13). The van der Waals surface area contributed by atoms with Gasteiger partial charge in [-0.3, -0.25) is 4.79 Å². The average molecular weight is 280 g/mol. The van der Waals surface area contributed by atoms with Gasteiger partial charge in [-0.25, -0.2) is 0 Å². The van der Waals surface area contributed by atoms with Crippen LogP contribution in [-0.4, -0.2) is 5.12 Å². The van der Waals surface area contributed by atoms with Gasteiger partial charge in [0, 0.05) is 10.9 Å². The number of thiol groups is 1. The molecule has 0 saturated heterocycles. The zero-order valence-electron chi connectivity index (χ0n) is 6.97. The summed E-state index contributed by atoms with van der Waals surface area (Å²) in [6.07, 6.45) is 0.338. The van der Waals surface area contributed by atoms with Crippen molar-refractivity contribution >= 4 is 45.3 Å². The molecule has 0 amide bonds. The quantitative estimate of drug-likeness (QED) is 0.821. The van der Waals surface area contributed by atoms with Gasteiger partial charge in [-0.15, -0.1) is 12.6 Å². The summed E-state index contributed by atoms with van der Waals surface area (Å²) in [6.45, 7) is 1.92. The van der Waals surface area contributed by atoms with Gasteiger partial charge in [-0.2, -0.15) is 0 Å². The Kier molecular flexibility index (Phi) is 3.83. The van der Waals surface area contributed by atoms with Crippen LogP contribution < -0.4 is 0 Å². The highest BCUT2D eigenvalue weighted by Gasteiger charge is 2.06. The van der Waals surface area contributed by atoms with Crippen LogP contribution in [0.2, 0.25) is 5.02 Å². The molecule has 0 N–H and O–H groups in total. The summed E-state index contributed by atoms with van der Waals surface area (Å²) in [4.78, 5) is 10.8. The van der Waals surface area contributed by atoms with Crippen molar-refractivity contribution in [2.45, 2.75) is 13.3 Å². The largest absolute Gasteiger partial charge is 0.287 e. The second-order valence-corrected chi connectivity index (χ2v) is 4.52. The number of hydrogen-bond donors (Lipinski definition) is 1. The number of carbonyl (C=O) groups excluding carboxylic acids is 1. The molecule has 0 fully saturated rings. The van der Waals surface area contributed by atoms with Gasteiger partial charge >= 0.3 is 0 Å². The molecule has 0 spiro atoms. The molecule has 0 aliphatic heterocycles. The van der Waals surface area contributed by atoms with E-state index in [1.165, 1.54) is 0 Å². The molecule has 0 unspecified atom stereocenters. The molecule has 0 saturated carbocycles. The first kappa shape index (κ1) is 11.1. The molecular weight excluding hydrogens is 272 g/mol. The van der Waals surface area contributed by atoms with Crippen LogP contribution in [0.1, 0.15) is 11.1 Å². The van der Waals surface area contributed by atoms with Crippen molar-refractivity contribution in [3.8, 4) is 0 Å². The summed E-state index contributed by atoms with van der Waals surface area (Å²) in [7, 11) is 0. The van der Waals surface area contributed by atoms with E-state index in [1.807, 2.05) is 19.1 Å². The predicted octanol–water partition coefficient (Wildman–Crippen LogP) is 3.41. The Balaban J connectivity index is 3.08. The van der Waals surface area contributed by atoms with E-state index in [1.54, 1.807) is 0 Å². The lowest BCUT2D eigenvalue weighted by Crippen LogP contribution is -1.96. The molecular formula is C9H8BrClOS. The molecule has 0 aliphatic carbocycles. The van der Waals surface area contributed by atoms with Crippen molar-refractivity contribution in [2.75, 3.05) is 0 Å². The first-order valence-corrected chi connectivity index (χ1v) is 5.29. The number of aryl methyl sites for hydroxylation is 1. The van der Waals surface area contributed by atoms with E-state index in [2.05, 4.69) is 28.6 Å². The zero-order chi connectivity index (χ0) is 10.0. The Bertz CT molecular complexity index is 352. The molecule has 70 valence electrons. The maximum Gasteiger partial charge on any atom is 0.190 e. The molecule has 1 aromatic carbocycles. The topological polar surface area (TPSA) is 17.1 Å². The van der Waals surface area contributed by atoms with Gasteiger partial charge in [0.1, 0.15) is 0 Å². The first-order valence-electron chi connectivity index (χ1n) is 3.67. The van der Waals surface area contributed by atoms with E-state index < -0.39 is 0 Å². The Morgan fingerprint density at radius 1 is 1.62 bits per heavy atom. The average Bonchev–Trinajstić information content (AvgIpc) is 1.99. The fourth-order valence-electron chi connectivity index (χ4n) is 1.04. The summed E-state index contributed by atoms with van der Waals surface area (Å²) < 4.78 is 0.810. The lowest BCUT2D eigenvalue weighted by Gasteiger charge is -2.05. The molecule has 0 radical (unpaired) electrons. The molecule has 13 heavy (non-hydrogen) atoms. The molecule has 0 aromatic heterocycles. The minimum atomic E-state index is -0.141. The summed E-state index contributed by atoms with van der Waals surface area (Å²) in [5, 5.41) is 0.519. The lowest BCUT2D eigenvalue weighted by atomic mass is 10.1. The number of hydrogen-bond acceptors (Lipinski definition) is 1. The Morgan fingerprint density at radius 3 is 2.77 bits per heavy atom. The second-order valence-electron chi connectivity index (χ2n) is 2.76. The molecule has 1 aromatic rings. The van der Waals surface area contributed by atoms with Crippen LogP contribution in [0.15, 0.2) is 16.6 Å². The van der Waals surface area contributed by atoms with Crippen molar-refractivity contribution in [3.05, 3.63) is 32.8 Å². The van der Waals surface area contributed by atoms with Gasteiger partial charge < -0.3 is 0 Å². The Labute approximate surface area is 96.0 Å². The van der Waals surface area contributed by atoms with Crippen LogP contribution in [0.25, 0.3) is 0 Å². The zero-order valence-corrected chi connectivity index (χ0v) is 10.2. The van der Waals surface area contributed by atoms with Crippen LogP contribution in [0, 0.1) is 6.92 Å². The number of benzene rings is 1. The first-order chi connectivity index (χ1) is 6.00. The minimum Gasteiger partial charge on any atom is -0.287 e. The second kappa shape index (κ2) is 4.49. The van der Waals surface area contributed by atoms with Gasteiger partial charge in [0.05, 0.1) is 5.02 Å². The third-order valence-electron chi connectivity index (χ3n) is 1.72. The third kappa shape index (κ3) is 3.01. The number of halogens is 2. The third-order valence-corrected chi connectivity index (χ3v) is 3.08. The van der Waals surface area contributed by atoms with Crippen LogP contribution >= 0.6 is 40.2 Å². The minimum absolute atomic E-state index is 0.141. The van der Waals surface area contributed by atoms with Crippen molar-refractivity contribution in [2.24, 2.45) is 0 Å². The van der Waals surface area contributed by atoms with Gasteiger partial charge in [-0.1, -0.05) is 11.6 Å². The Morgan fingerprint density at radius 2 is 2.23 bits per heavy atom. The fourth-order valence-corrected chi connectivity index (χ4v) is 1.82. The molecule has 1 rings (SSSR count). The number of rotatable bonds is 2. The molecule has 0 atom stereocenters. The highest BCUT2D eigenvalue weighted by molar-refractivity contribution is 9.10. The van der Waals surface area contributed by atoms with Gasteiger partial charge in [0.2, 0.25) is 0 Å². The summed E-state index contributed by atoms with van der Waals surface area (Å²) >= 11 is 12.9. The lowest BCUT2D eigenvalue weighted by molar-refractivity contribution is -0.110. The normalized spacial score (nSPS) is 10.2. The maximum atomic E-state index is 10.8. The van der Waals surface area contributed by atoms with E-state index in [0.29, 0.717) is 11.4 Å². The van der Waals surface area contributed by atoms with Crippen LogP contribution in [0.5, 0.6) is 0 Å². The van der Waals surface area contributed by atoms with E-state index in [0.717, 1.165) is 15.6 Å². The van der Waals surface area contributed by atoms with E-state index in [9.17, 15) is 4.79 Å². The highest BCUT2D eigenvalue weighted by Crippen LogP contribution is 2.26. The fraction of sp³-hybridized carbons (Fsp3) is 0.222. The molecule has 4 heteroatoms. The predicted molar refractivity (Wildman–Crippen MR) is 61.6 cm³/mol. The Hall–Kier alpha value is 0.01000. The SMILES string of the molecule is Cc1cc(Cl)c(Br)cc1CC(=O)S. The molecule has 1 nitrogen and oxygen atoms in total.